The largest absolute Gasteiger partial charge is 0.481 e. The molecule has 0 atom stereocenters. The highest BCUT2D eigenvalue weighted by Gasteiger charge is 2.32. The quantitative estimate of drug-likeness (QED) is 0.811. The van der Waals surface area contributed by atoms with Gasteiger partial charge in [-0.2, -0.15) is 0 Å². The van der Waals surface area contributed by atoms with Crippen molar-refractivity contribution in [2.45, 2.75) is 45.5 Å². The monoisotopic (exact) mass is 277 g/mol. The van der Waals surface area contributed by atoms with Gasteiger partial charge in [0, 0.05) is 12.5 Å². The molecule has 4 nitrogen and oxygen atoms in total. The molecule has 19 heavy (non-hydrogen) atoms. The van der Waals surface area contributed by atoms with E-state index >= 15 is 0 Å². The molecule has 0 spiro atoms. The average molecular weight is 277 g/mol. The molecule has 0 aromatic rings. The maximum atomic E-state index is 12.4. The molecule has 0 aliphatic heterocycles. The lowest BCUT2D eigenvalue weighted by atomic mass is 9.81. The number of carbonyl (C=O) groups excluding carboxylic acids is 1. The minimum atomic E-state index is -2.52. The zero-order valence-corrected chi connectivity index (χ0v) is 11.1. The molecular weight excluding hydrogens is 256 g/mol. The summed E-state index contributed by atoms with van der Waals surface area (Å²) in [6.45, 7) is 1.65. The lowest BCUT2D eigenvalue weighted by Crippen LogP contribution is -2.41. The van der Waals surface area contributed by atoms with Crippen LogP contribution >= 0.6 is 0 Å². The van der Waals surface area contributed by atoms with E-state index in [0.717, 1.165) is 0 Å². The van der Waals surface area contributed by atoms with Gasteiger partial charge in [0.1, 0.15) is 0 Å². The molecule has 1 aliphatic rings. The minimum absolute atomic E-state index is 0.244. The van der Waals surface area contributed by atoms with Gasteiger partial charge in [-0.3, -0.25) is 9.59 Å². The third kappa shape index (κ3) is 4.76. The Morgan fingerprint density at radius 3 is 2.16 bits per heavy atom. The van der Waals surface area contributed by atoms with Gasteiger partial charge >= 0.3 is 5.97 Å². The van der Waals surface area contributed by atoms with E-state index in [1.807, 2.05) is 6.92 Å². The number of amides is 1. The molecule has 1 N–H and O–H groups in total. The molecule has 0 aromatic carbocycles. The number of carboxylic acid groups (broad SMARTS) is 1. The average Bonchev–Trinajstić information content (AvgIpc) is 2.37. The summed E-state index contributed by atoms with van der Waals surface area (Å²) in [4.78, 5) is 24.2. The van der Waals surface area contributed by atoms with Crippen LogP contribution in [0.5, 0.6) is 0 Å². The van der Waals surface area contributed by atoms with Crippen LogP contribution in [0.25, 0.3) is 0 Å². The Balaban J connectivity index is 2.53. The number of alkyl halides is 2. The smallest absolute Gasteiger partial charge is 0.306 e. The van der Waals surface area contributed by atoms with E-state index in [-0.39, 0.29) is 11.8 Å². The fourth-order valence-electron chi connectivity index (χ4n) is 2.57. The molecule has 1 aliphatic carbocycles. The number of aliphatic carboxylic acids is 1. The second kappa shape index (κ2) is 7.40. The molecule has 1 fully saturated rings. The molecule has 1 rings (SSSR count). The van der Waals surface area contributed by atoms with Gasteiger partial charge in [0.2, 0.25) is 5.91 Å². The number of hydrogen-bond donors (Lipinski definition) is 1. The van der Waals surface area contributed by atoms with Crippen LogP contribution in [-0.4, -0.2) is 41.4 Å². The molecule has 0 unspecified atom stereocenters. The number of nitrogens with zero attached hydrogens (tertiary/aromatic N) is 1. The van der Waals surface area contributed by atoms with Gasteiger partial charge in [0.05, 0.1) is 12.5 Å². The molecule has 0 bridgehead atoms. The van der Waals surface area contributed by atoms with Crippen LogP contribution in [0, 0.1) is 11.8 Å². The topological polar surface area (TPSA) is 57.6 Å². The number of hydrogen-bond acceptors (Lipinski definition) is 2. The summed E-state index contributed by atoms with van der Waals surface area (Å²) < 4.78 is 24.9. The summed E-state index contributed by atoms with van der Waals surface area (Å²) >= 11 is 0. The highest BCUT2D eigenvalue weighted by Crippen LogP contribution is 2.30. The van der Waals surface area contributed by atoms with E-state index in [4.69, 9.17) is 5.11 Å². The van der Waals surface area contributed by atoms with Crippen LogP contribution < -0.4 is 0 Å². The Morgan fingerprint density at radius 1 is 1.21 bits per heavy atom. The van der Waals surface area contributed by atoms with Gasteiger partial charge in [0.15, 0.2) is 0 Å². The first-order chi connectivity index (χ1) is 8.95. The molecule has 110 valence electrons. The Morgan fingerprint density at radius 2 is 1.74 bits per heavy atom. The molecule has 0 heterocycles. The van der Waals surface area contributed by atoms with Gasteiger partial charge in [0.25, 0.3) is 6.43 Å². The van der Waals surface area contributed by atoms with Crippen molar-refractivity contribution in [1.82, 2.24) is 4.90 Å². The summed E-state index contributed by atoms with van der Waals surface area (Å²) in [7, 11) is 0. The molecular formula is C13H21F2NO3. The van der Waals surface area contributed by atoms with Crippen LogP contribution in [0.4, 0.5) is 8.78 Å². The maximum absolute atomic E-state index is 12.4. The lowest BCUT2D eigenvalue weighted by molar-refractivity contribution is -0.146. The van der Waals surface area contributed by atoms with E-state index in [2.05, 4.69) is 0 Å². The summed E-state index contributed by atoms with van der Waals surface area (Å²) in [5.74, 6) is -1.76. The third-order valence-electron chi connectivity index (χ3n) is 3.59. The fourth-order valence-corrected chi connectivity index (χ4v) is 2.57. The van der Waals surface area contributed by atoms with E-state index in [0.29, 0.717) is 38.6 Å². The molecule has 0 aromatic heterocycles. The Kier molecular flexibility index (Phi) is 6.18. The second-order valence-electron chi connectivity index (χ2n) is 5.06. The van der Waals surface area contributed by atoms with E-state index in [1.165, 1.54) is 4.90 Å². The van der Waals surface area contributed by atoms with Crippen LogP contribution in [0.15, 0.2) is 0 Å². The van der Waals surface area contributed by atoms with Gasteiger partial charge in [-0.15, -0.1) is 0 Å². The van der Waals surface area contributed by atoms with Crippen molar-refractivity contribution in [2.24, 2.45) is 11.8 Å². The Labute approximate surface area is 111 Å². The maximum Gasteiger partial charge on any atom is 0.306 e. The zero-order valence-electron chi connectivity index (χ0n) is 11.1. The van der Waals surface area contributed by atoms with Crippen molar-refractivity contribution in [2.75, 3.05) is 13.1 Å². The minimum Gasteiger partial charge on any atom is -0.481 e. The van der Waals surface area contributed by atoms with E-state index in [9.17, 15) is 18.4 Å². The molecule has 1 saturated carbocycles. The SMILES string of the molecule is CCCN(CC(F)F)C(=O)C1CCC(C(=O)O)CC1. The van der Waals surface area contributed by atoms with Crippen LogP contribution in [-0.2, 0) is 9.59 Å². The van der Waals surface area contributed by atoms with Gasteiger partial charge < -0.3 is 10.0 Å². The van der Waals surface area contributed by atoms with Crippen molar-refractivity contribution in [1.29, 1.82) is 0 Å². The van der Waals surface area contributed by atoms with Crippen LogP contribution in [0.2, 0.25) is 0 Å². The Bertz CT molecular complexity index is 315. The fraction of sp³-hybridized carbons (Fsp3) is 0.846. The van der Waals surface area contributed by atoms with Crippen molar-refractivity contribution in [3.05, 3.63) is 0 Å². The van der Waals surface area contributed by atoms with Crippen LogP contribution in [0.3, 0.4) is 0 Å². The number of carboxylic acids is 1. The second-order valence-corrected chi connectivity index (χ2v) is 5.06. The first-order valence-corrected chi connectivity index (χ1v) is 6.75. The van der Waals surface area contributed by atoms with E-state index < -0.39 is 24.9 Å². The molecule has 1 amide bonds. The summed E-state index contributed by atoms with van der Waals surface area (Å²) in [5.41, 5.74) is 0. The summed E-state index contributed by atoms with van der Waals surface area (Å²) in [5, 5.41) is 8.88. The van der Waals surface area contributed by atoms with Gasteiger partial charge in [-0.05, 0) is 32.1 Å². The van der Waals surface area contributed by atoms with Crippen molar-refractivity contribution in [3.8, 4) is 0 Å². The number of halogens is 2. The first-order valence-electron chi connectivity index (χ1n) is 6.75. The number of carbonyl (C=O) groups is 2. The molecule has 0 radical (unpaired) electrons. The van der Waals surface area contributed by atoms with Crippen molar-refractivity contribution < 1.29 is 23.5 Å². The van der Waals surface area contributed by atoms with E-state index in [1.54, 1.807) is 0 Å². The molecule has 6 heteroatoms. The number of rotatable bonds is 6. The highest BCUT2D eigenvalue weighted by atomic mass is 19.3. The summed E-state index contributed by atoms with van der Waals surface area (Å²) in [6.07, 6.45) is 0.00761. The first kappa shape index (κ1) is 15.9. The normalized spacial score (nSPS) is 23.4. The van der Waals surface area contributed by atoms with Crippen LogP contribution in [0.1, 0.15) is 39.0 Å². The van der Waals surface area contributed by atoms with Gasteiger partial charge in [-0.25, -0.2) is 8.78 Å². The lowest BCUT2D eigenvalue weighted by Gasteiger charge is -2.30. The predicted molar refractivity (Wildman–Crippen MR) is 66.0 cm³/mol. The van der Waals surface area contributed by atoms with Crippen molar-refractivity contribution >= 4 is 11.9 Å². The highest BCUT2D eigenvalue weighted by molar-refractivity contribution is 5.79. The van der Waals surface area contributed by atoms with Crippen molar-refractivity contribution in [3.63, 3.8) is 0 Å². The Hall–Kier alpha value is -1.20. The third-order valence-corrected chi connectivity index (χ3v) is 3.59. The molecule has 0 saturated heterocycles. The zero-order chi connectivity index (χ0) is 14.4. The van der Waals surface area contributed by atoms with Gasteiger partial charge in [-0.1, -0.05) is 6.92 Å². The summed E-state index contributed by atoms with van der Waals surface area (Å²) in [6, 6.07) is 0. The predicted octanol–water partition coefficient (Wildman–Crippen LogP) is 2.38. The standard InChI is InChI=1S/C13H21F2NO3/c1-2-7-16(8-11(14)15)12(17)9-3-5-10(6-4-9)13(18)19/h9-11H,2-8H2,1H3,(H,18,19).